The molecule has 0 fully saturated rings. The molecule has 1 heterocycles. The summed E-state index contributed by atoms with van der Waals surface area (Å²) in [6.07, 6.45) is 9.17. The number of rotatable bonds is 10. The van der Waals surface area contributed by atoms with Crippen molar-refractivity contribution in [1.82, 2.24) is 0 Å². The molecule has 1 aliphatic rings. The Balaban J connectivity index is 1.23. The number of hydrogen-bond donors (Lipinski definition) is 0. The molecule has 3 heteroatoms. The first kappa shape index (κ1) is 22.7. The second-order valence-corrected chi connectivity index (χ2v) is 8.65. The Morgan fingerprint density at radius 3 is 2.15 bits per heavy atom. The number of ketones is 1. The highest BCUT2D eigenvalue weighted by atomic mass is 16.2. The van der Waals surface area contributed by atoms with Crippen LogP contribution in [0.15, 0.2) is 91.0 Å². The third kappa shape index (κ3) is 6.07. The predicted octanol–water partition coefficient (Wildman–Crippen LogP) is 6.94. The van der Waals surface area contributed by atoms with E-state index in [1.165, 1.54) is 11.1 Å². The third-order valence-electron chi connectivity index (χ3n) is 6.25. The smallest absolute Gasteiger partial charge is 0.227 e. The number of fused-ring (bicyclic) bond motifs is 1. The molecule has 3 nitrogen and oxygen atoms in total. The Hall–Kier alpha value is -3.46. The number of amides is 1. The first-order chi connectivity index (χ1) is 16.2. The number of carbonyl (C=O) groups excluding carboxylic acids is 2. The molecule has 168 valence electrons. The fourth-order valence-corrected chi connectivity index (χ4v) is 4.52. The van der Waals surface area contributed by atoms with Crippen molar-refractivity contribution in [3.8, 4) is 0 Å². The maximum atomic E-state index is 13.2. The molecule has 3 aromatic carbocycles. The van der Waals surface area contributed by atoms with Crippen molar-refractivity contribution in [3.05, 3.63) is 108 Å². The minimum absolute atomic E-state index is 0.0742. The van der Waals surface area contributed by atoms with Gasteiger partial charge in [0.2, 0.25) is 5.91 Å². The van der Waals surface area contributed by atoms with E-state index in [9.17, 15) is 9.59 Å². The monoisotopic (exact) mass is 437 g/mol. The Labute approximate surface area is 196 Å². The van der Waals surface area contributed by atoms with E-state index >= 15 is 0 Å². The Bertz CT molecular complexity index is 1090. The molecular weight excluding hydrogens is 406 g/mol. The minimum atomic E-state index is 0.0742. The fourth-order valence-electron chi connectivity index (χ4n) is 4.52. The molecule has 0 radical (unpaired) electrons. The lowest BCUT2D eigenvalue weighted by Gasteiger charge is -2.26. The van der Waals surface area contributed by atoms with Crippen LogP contribution >= 0.6 is 0 Å². The van der Waals surface area contributed by atoms with Crippen LogP contribution in [-0.4, -0.2) is 11.7 Å². The standard InChI is InChI=1S/C30H31NO2/c32-27(22-21-24-13-5-3-6-14-24)18-9-1-2-10-20-30(33)31-28-19-12-11-17-26(28)23-29(31)25-15-7-4-8-16-25/h3-8,11-17,19,21-22,29H,1-2,9-10,18,20,23H2/b22-21+. The molecule has 0 aliphatic carbocycles. The number of nitrogens with zero attached hydrogens (tertiary/aromatic N) is 1. The highest BCUT2D eigenvalue weighted by molar-refractivity contribution is 5.96. The minimum Gasteiger partial charge on any atom is -0.304 e. The predicted molar refractivity (Wildman–Crippen MR) is 135 cm³/mol. The SMILES string of the molecule is O=C(/C=C/c1ccccc1)CCCCCCC(=O)N1c2ccccc2CC1c1ccccc1. The van der Waals surface area contributed by atoms with E-state index in [0.29, 0.717) is 12.8 Å². The summed E-state index contributed by atoms with van der Waals surface area (Å²) in [4.78, 5) is 27.3. The normalized spacial score (nSPS) is 15.0. The van der Waals surface area contributed by atoms with Crippen LogP contribution in [-0.2, 0) is 16.0 Å². The highest BCUT2D eigenvalue weighted by Gasteiger charge is 2.33. The van der Waals surface area contributed by atoms with E-state index in [1.54, 1.807) is 6.08 Å². The summed E-state index contributed by atoms with van der Waals surface area (Å²) >= 11 is 0. The molecule has 0 N–H and O–H groups in total. The van der Waals surface area contributed by atoms with E-state index in [1.807, 2.05) is 71.6 Å². The lowest BCUT2D eigenvalue weighted by molar-refractivity contribution is -0.119. The van der Waals surface area contributed by atoms with E-state index in [0.717, 1.165) is 43.4 Å². The second kappa shape index (κ2) is 11.4. The summed E-state index contributed by atoms with van der Waals surface area (Å²) in [5.41, 5.74) is 4.51. The zero-order valence-corrected chi connectivity index (χ0v) is 19.0. The lowest BCUT2D eigenvalue weighted by Crippen LogP contribution is -2.31. The van der Waals surface area contributed by atoms with Crippen LogP contribution in [0.1, 0.15) is 61.3 Å². The second-order valence-electron chi connectivity index (χ2n) is 8.65. The average Bonchev–Trinajstić information content (AvgIpc) is 3.26. The van der Waals surface area contributed by atoms with Gasteiger partial charge in [-0.1, -0.05) is 97.8 Å². The van der Waals surface area contributed by atoms with Crippen molar-refractivity contribution in [2.75, 3.05) is 4.90 Å². The molecule has 33 heavy (non-hydrogen) atoms. The van der Waals surface area contributed by atoms with E-state index in [-0.39, 0.29) is 17.7 Å². The fraction of sp³-hybridized carbons (Fsp3) is 0.267. The highest BCUT2D eigenvalue weighted by Crippen LogP contribution is 2.40. The molecule has 0 saturated carbocycles. The number of hydrogen-bond acceptors (Lipinski definition) is 2. The summed E-state index contributed by atoms with van der Waals surface area (Å²) in [6, 6.07) is 28.5. The average molecular weight is 438 g/mol. The van der Waals surface area contributed by atoms with E-state index in [4.69, 9.17) is 0 Å². The van der Waals surface area contributed by atoms with Crippen molar-refractivity contribution in [3.63, 3.8) is 0 Å². The van der Waals surface area contributed by atoms with E-state index in [2.05, 4.69) is 24.3 Å². The van der Waals surface area contributed by atoms with Gasteiger partial charge in [0.1, 0.15) is 0 Å². The van der Waals surface area contributed by atoms with Crippen molar-refractivity contribution >= 4 is 23.5 Å². The molecule has 3 aromatic rings. The van der Waals surface area contributed by atoms with Gasteiger partial charge in [-0.25, -0.2) is 0 Å². The first-order valence-corrected chi connectivity index (χ1v) is 11.9. The zero-order valence-electron chi connectivity index (χ0n) is 19.0. The number of allylic oxidation sites excluding steroid dienone is 1. The van der Waals surface area contributed by atoms with Crippen LogP contribution in [0.25, 0.3) is 6.08 Å². The number of para-hydroxylation sites is 1. The molecule has 0 aromatic heterocycles. The zero-order chi connectivity index (χ0) is 22.9. The number of carbonyl (C=O) groups is 2. The van der Waals surface area contributed by atoms with Gasteiger partial charge in [0.15, 0.2) is 5.78 Å². The van der Waals surface area contributed by atoms with Crippen molar-refractivity contribution in [2.24, 2.45) is 0 Å². The number of unbranched alkanes of at least 4 members (excludes halogenated alkanes) is 3. The topological polar surface area (TPSA) is 37.4 Å². The molecule has 1 unspecified atom stereocenters. The first-order valence-electron chi connectivity index (χ1n) is 11.9. The molecule has 0 bridgehead atoms. The van der Waals surface area contributed by atoms with Crippen LogP contribution in [0.4, 0.5) is 5.69 Å². The van der Waals surface area contributed by atoms with E-state index < -0.39 is 0 Å². The summed E-state index contributed by atoms with van der Waals surface area (Å²) in [7, 11) is 0. The maximum Gasteiger partial charge on any atom is 0.227 e. The largest absolute Gasteiger partial charge is 0.304 e. The van der Waals surface area contributed by atoms with Crippen LogP contribution < -0.4 is 4.90 Å². The van der Waals surface area contributed by atoms with Gasteiger partial charge >= 0.3 is 0 Å². The quantitative estimate of drug-likeness (QED) is 0.254. The maximum absolute atomic E-state index is 13.2. The molecule has 1 atom stereocenters. The van der Waals surface area contributed by atoms with Crippen molar-refractivity contribution < 1.29 is 9.59 Å². The summed E-state index contributed by atoms with van der Waals surface area (Å²) < 4.78 is 0. The summed E-state index contributed by atoms with van der Waals surface area (Å²) in [5.74, 6) is 0.352. The Morgan fingerprint density at radius 2 is 1.39 bits per heavy atom. The van der Waals surface area contributed by atoms with Gasteiger partial charge in [0.25, 0.3) is 0 Å². The molecule has 1 amide bonds. The third-order valence-corrected chi connectivity index (χ3v) is 6.25. The van der Waals surface area contributed by atoms with Crippen molar-refractivity contribution in [1.29, 1.82) is 0 Å². The van der Waals surface area contributed by atoms with Gasteiger partial charge in [-0.05, 0) is 48.1 Å². The van der Waals surface area contributed by atoms with Crippen LogP contribution in [0.5, 0.6) is 0 Å². The van der Waals surface area contributed by atoms with Crippen LogP contribution in [0, 0.1) is 0 Å². The van der Waals surface area contributed by atoms with Gasteiger partial charge in [0, 0.05) is 18.5 Å². The molecule has 0 saturated heterocycles. The van der Waals surface area contributed by atoms with Gasteiger partial charge < -0.3 is 4.90 Å². The summed E-state index contributed by atoms with van der Waals surface area (Å²) in [6.45, 7) is 0. The van der Waals surface area contributed by atoms with Gasteiger partial charge in [-0.3, -0.25) is 9.59 Å². The lowest BCUT2D eigenvalue weighted by atomic mass is 10.0. The molecular formula is C30H31NO2. The summed E-state index contributed by atoms with van der Waals surface area (Å²) in [5, 5.41) is 0. The number of benzene rings is 3. The van der Waals surface area contributed by atoms with Gasteiger partial charge in [0.05, 0.1) is 6.04 Å². The number of anilines is 1. The Morgan fingerprint density at radius 1 is 0.758 bits per heavy atom. The molecule has 0 spiro atoms. The molecule has 4 rings (SSSR count). The van der Waals surface area contributed by atoms with Crippen molar-refractivity contribution in [2.45, 2.75) is 51.0 Å². The molecule has 1 aliphatic heterocycles. The van der Waals surface area contributed by atoms with Crippen LogP contribution in [0.2, 0.25) is 0 Å². The van der Waals surface area contributed by atoms with Gasteiger partial charge in [-0.15, -0.1) is 0 Å². The van der Waals surface area contributed by atoms with Crippen LogP contribution in [0.3, 0.4) is 0 Å². The van der Waals surface area contributed by atoms with Gasteiger partial charge in [-0.2, -0.15) is 0 Å². The Kier molecular flexibility index (Phi) is 7.86.